The molecule has 2 aliphatic rings. The fraction of sp³-hybridized carbons (Fsp3) is 0.211. The van der Waals surface area contributed by atoms with Crippen LogP contribution in [0.4, 0.5) is 0 Å². The van der Waals surface area contributed by atoms with Crippen LogP contribution < -0.4 is 0 Å². The number of carbonyl (C=O) groups is 1. The minimum absolute atomic E-state index is 0. The Bertz CT molecular complexity index is 583. The molecule has 1 aromatic carbocycles. The molecule has 5 heteroatoms. The second kappa shape index (κ2) is 14.6. The van der Waals surface area contributed by atoms with Gasteiger partial charge in [0.1, 0.15) is 0 Å². The summed E-state index contributed by atoms with van der Waals surface area (Å²) in [6.07, 6.45) is 17.3. The first-order valence-corrected chi connectivity index (χ1v) is 7.02. The minimum Gasteiger partial charge on any atom is -0.396 e. The number of aliphatic hydroxyl groups excluding tert-OH is 1. The van der Waals surface area contributed by atoms with Crippen LogP contribution in [0.5, 0.6) is 0 Å². The third kappa shape index (κ3) is 7.90. The molecule has 0 aromatic heterocycles. The molecule has 0 aliphatic heterocycles. The largest absolute Gasteiger partial charge is 2.00 e. The molecular formula is C19H20Cl2O2Zr. The van der Waals surface area contributed by atoms with Gasteiger partial charge in [0.05, 0.1) is 5.78 Å². The van der Waals surface area contributed by atoms with Crippen molar-refractivity contribution in [2.45, 2.75) is 18.8 Å². The number of Topliss-reactive ketones (excluding diaryl/α,β-unsaturated/α-hetero) is 1. The number of allylic oxidation sites excluding steroid dienone is 8. The van der Waals surface area contributed by atoms with Crippen molar-refractivity contribution in [3.63, 3.8) is 0 Å². The predicted molar refractivity (Wildman–Crippen MR) is 97.9 cm³/mol. The number of rotatable bonds is 4. The van der Waals surface area contributed by atoms with Gasteiger partial charge in [-0.25, -0.2) is 12.2 Å². The van der Waals surface area contributed by atoms with E-state index in [4.69, 9.17) is 0 Å². The maximum atomic E-state index is 12.1. The summed E-state index contributed by atoms with van der Waals surface area (Å²) in [4.78, 5) is 12.1. The van der Waals surface area contributed by atoms with Crippen LogP contribution in [0.2, 0.25) is 0 Å². The molecule has 2 aliphatic carbocycles. The van der Waals surface area contributed by atoms with Gasteiger partial charge in [0.2, 0.25) is 0 Å². The molecular weight excluding hydrogens is 422 g/mol. The second-order valence-corrected chi connectivity index (χ2v) is 4.71. The molecule has 126 valence electrons. The Morgan fingerprint density at radius 1 is 1.12 bits per heavy atom. The summed E-state index contributed by atoms with van der Waals surface area (Å²) in [5.74, 6) is -0.520. The van der Waals surface area contributed by atoms with E-state index in [0.29, 0.717) is 12.0 Å². The summed E-state index contributed by atoms with van der Waals surface area (Å²) in [5.41, 5.74) is 1.44. The fourth-order valence-corrected chi connectivity index (χ4v) is 2.13. The van der Waals surface area contributed by atoms with Crippen LogP contribution in [0.3, 0.4) is 0 Å². The average Bonchev–Trinajstić information content (AvgIpc) is 3.25. The van der Waals surface area contributed by atoms with E-state index in [-0.39, 0.29) is 63.4 Å². The number of ketones is 1. The van der Waals surface area contributed by atoms with E-state index in [1.54, 1.807) is 6.08 Å². The Balaban J connectivity index is 0. The Hall–Kier alpha value is -0.727. The SMILES string of the molecule is Cl.Cl.O=C(C1=[C-]CC=C1)C(CO)c1ccccc1.[C-]1=CC=CC1.[Zr+2]. The topological polar surface area (TPSA) is 37.3 Å². The van der Waals surface area contributed by atoms with E-state index in [9.17, 15) is 9.90 Å². The van der Waals surface area contributed by atoms with Gasteiger partial charge in [0, 0.05) is 12.5 Å². The van der Waals surface area contributed by atoms with Crippen molar-refractivity contribution in [2.24, 2.45) is 0 Å². The predicted octanol–water partition coefficient (Wildman–Crippen LogP) is 4.17. The van der Waals surface area contributed by atoms with Gasteiger partial charge in [-0.3, -0.25) is 6.08 Å². The third-order valence-corrected chi connectivity index (χ3v) is 3.25. The van der Waals surface area contributed by atoms with Crippen molar-refractivity contribution >= 4 is 30.6 Å². The van der Waals surface area contributed by atoms with Crippen LogP contribution in [0.25, 0.3) is 0 Å². The molecule has 24 heavy (non-hydrogen) atoms. The van der Waals surface area contributed by atoms with Crippen LogP contribution in [-0.4, -0.2) is 17.5 Å². The van der Waals surface area contributed by atoms with E-state index >= 15 is 0 Å². The smallest absolute Gasteiger partial charge is 0.396 e. The Morgan fingerprint density at radius 3 is 2.25 bits per heavy atom. The number of hydrogen-bond acceptors (Lipinski definition) is 2. The van der Waals surface area contributed by atoms with Crippen molar-refractivity contribution in [1.29, 1.82) is 0 Å². The van der Waals surface area contributed by atoms with Crippen molar-refractivity contribution in [3.8, 4) is 0 Å². The first kappa shape index (κ1) is 25.5. The molecule has 0 amide bonds. The van der Waals surface area contributed by atoms with Gasteiger partial charge < -0.3 is 9.90 Å². The number of benzene rings is 1. The van der Waals surface area contributed by atoms with E-state index in [0.717, 1.165) is 12.0 Å². The third-order valence-electron chi connectivity index (χ3n) is 3.25. The molecule has 2 nitrogen and oxygen atoms in total. The molecule has 0 radical (unpaired) electrons. The van der Waals surface area contributed by atoms with Crippen LogP contribution in [-0.2, 0) is 31.0 Å². The van der Waals surface area contributed by atoms with Crippen LogP contribution in [0, 0.1) is 12.2 Å². The number of halogens is 2. The van der Waals surface area contributed by atoms with Crippen LogP contribution in [0.1, 0.15) is 24.3 Å². The molecule has 1 unspecified atom stereocenters. The molecule has 1 aromatic rings. The standard InChI is InChI=1S/C14H13O2.C5H5.2ClH.Zr/c15-10-13(11-6-2-1-3-7-11)14(16)12-8-4-5-9-12;1-2-4-5-3-1;;;/h1-4,6-8,13,15H,5,10H2;1-3H,4H2;2*1H;/q2*-1;;;+2. The summed E-state index contributed by atoms with van der Waals surface area (Å²) in [6, 6.07) is 9.35. The summed E-state index contributed by atoms with van der Waals surface area (Å²) in [7, 11) is 0. The van der Waals surface area contributed by atoms with E-state index in [2.05, 4.69) is 18.2 Å². The Kier molecular flexibility index (Phi) is 15.5. The zero-order valence-corrected chi connectivity index (χ0v) is 17.2. The van der Waals surface area contributed by atoms with Gasteiger partial charge in [-0.1, -0.05) is 36.8 Å². The molecule has 1 atom stereocenters. The molecule has 0 spiro atoms. The molecule has 3 rings (SSSR count). The minimum atomic E-state index is -0.466. The number of carbonyl (C=O) groups excluding carboxylic acids is 1. The van der Waals surface area contributed by atoms with Gasteiger partial charge in [-0.05, 0) is 5.56 Å². The molecule has 0 fully saturated rings. The van der Waals surface area contributed by atoms with Crippen molar-refractivity contribution in [3.05, 3.63) is 84.0 Å². The van der Waals surface area contributed by atoms with Crippen LogP contribution in [0.15, 0.2) is 66.3 Å². The van der Waals surface area contributed by atoms with Crippen LogP contribution >= 0.6 is 24.8 Å². The fourth-order valence-electron chi connectivity index (χ4n) is 2.13. The summed E-state index contributed by atoms with van der Waals surface area (Å²) in [6.45, 7) is -0.165. The van der Waals surface area contributed by atoms with Gasteiger partial charge in [0.25, 0.3) is 0 Å². The maximum absolute atomic E-state index is 12.1. The molecule has 1 N–H and O–H groups in total. The zero-order valence-electron chi connectivity index (χ0n) is 13.1. The first-order chi connectivity index (χ1) is 10.3. The van der Waals surface area contributed by atoms with E-state index in [1.165, 1.54) is 0 Å². The summed E-state index contributed by atoms with van der Waals surface area (Å²) in [5, 5.41) is 9.32. The van der Waals surface area contributed by atoms with Gasteiger partial charge in [0.15, 0.2) is 0 Å². The average molecular weight is 442 g/mol. The maximum Gasteiger partial charge on any atom is 2.00 e. The summed E-state index contributed by atoms with van der Waals surface area (Å²) >= 11 is 0. The van der Waals surface area contributed by atoms with Gasteiger partial charge >= 0.3 is 26.2 Å². The van der Waals surface area contributed by atoms with Crippen molar-refractivity contribution in [1.82, 2.24) is 0 Å². The normalized spacial score (nSPS) is 14.3. The first-order valence-electron chi connectivity index (χ1n) is 7.02. The molecule has 0 saturated heterocycles. The quantitative estimate of drug-likeness (QED) is 0.711. The molecule has 0 heterocycles. The number of hydrogen-bond donors (Lipinski definition) is 1. The van der Waals surface area contributed by atoms with Gasteiger partial charge in [-0.2, -0.15) is 23.8 Å². The van der Waals surface area contributed by atoms with Crippen molar-refractivity contribution in [2.75, 3.05) is 6.61 Å². The Labute approximate surface area is 175 Å². The van der Waals surface area contributed by atoms with Gasteiger partial charge in [-0.15, -0.1) is 37.3 Å². The molecule has 0 bridgehead atoms. The zero-order chi connectivity index (χ0) is 14.9. The Morgan fingerprint density at radius 2 is 1.83 bits per heavy atom. The van der Waals surface area contributed by atoms with E-state index in [1.807, 2.05) is 48.6 Å². The van der Waals surface area contributed by atoms with Crippen molar-refractivity contribution < 1.29 is 36.1 Å². The van der Waals surface area contributed by atoms with E-state index < -0.39 is 5.92 Å². The molecule has 0 saturated carbocycles. The second-order valence-electron chi connectivity index (χ2n) is 4.71. The number of aliphatic hydroxyl groups is 1. The summed E-state index contributed by atoms with van der Waals surface area (Å²) < 4.78 is 0. The monoisotopic (exact) mass is 440 g/mol.